The second-order valence-corrected chi connectivity index (χ2v) is 7.15. The second kappa shape index (κ2) is 8.00. The number of nitrogens with zero attached hydrogens (tertiary/aromatic N) is 1. The van der Waals surface area contributed by atoms with Gasteiger partial charge in [-0.3, -0.25) is 9.59 Å². The van der Waals surface area contributed by atoms with Crippen LogP contribution in [0.15, 0.2) is 29.1 Å². The Morgan fingerprint density at radius 1 is 1.30 bits per heavy atom. The number of methoxy groups -OCH3 is 1. The molecule has 0 saturated heterocycles. The van der Waals surface area contributed by atoms with Gasteiger partial charge < -0.3 is 19.9 Å². The molecule has 0 spiro atoms. The first-order chi connectivity index (χ1) is 12.9. The number of halogens is 1. The lowest BCUT2D eigenvalue weighted by Gasteiger charge is -2.31. The van der Waals surface area contributed by atoms with Crippen LogP contribution in [0.2, 0.25) is 5.02 Å². The van der Waals surface area contributed by atoms with Gasteiger partial charge in [0.1, 0.15) is 5.69 Å². The molecule has 7 nitrogen and oxygen atoms in total. The summed E-state index contributed by atoms with van der Waals surface area (Å²) < 4.78 is 6.38. The molecule has 2 amide bonds. The number of alkyl carbamates (subject to hydrolysis) is 1. The Morgan fingerprint density at radius 3 is 2.78 bits per heavy atom. The highest BCUT2D eigenvalue weighted by Gasteiger charge is 2.27. The maximum atomic E-state index is 13.1. The number of carbonyl (C=O) groups excluding carboxylic acids is 2. The number of ether oxygens (including phenoxy) is 1. The summed E-state index contributed by atoms with van der Waals surface area (Å²) in [4.78, 5) is 36.2. The van der Waals surface area contributed by atoms with Gasteiger partial charge in [0, 0.05) is 29.4 Å². The van der Waals surface area contributed by atoms with Crippen molar-refractivity contribution in [3.8, 4) is 0 Å². The van der Waals surface area contributed by atoms with Crippen molar-refractivity contribution >= 4 is 40.2 Å². The number of amides is 2. The maximum Gasteiger partial charge on any atom is 0.407 e. The second-order valence-electron chi connectivity index (χ2n) is 6.74. The third-order valence-corrected chi connectivity index (χ3v) is 5.19. The van der Waals surface area contributed by atoms with Gasteiger partial charge in [-0.15, -0.1) is 0 Å². The average molecular weight is 392 g/mol. The number of nitrogens with one attached hydrogen (secondary N) is 2. The van der Waals surface area contributed by atoms with Gasteiger partial charge >= 0.3 is 6.09 Å². The van der Waals surface area contributed by atoms with Crippen LogP contribution in [0.4, 0.5) is 10.5 Å². The lowest BCUT2D eigenvalue weighted by Crippen LogP contribution is -2.40. The van der Waals surface area contributed by atoms with Crippen LogP contribution < -0.4 is 16.2 Å². The van der Waals surface area contributed by atoms with E-state index >= 15 is 0 Å². The first-order valence-corrected chi connectivity index (χ1v) is 9.24. The van der Waals surface area contributed by atoms with Gasteiger partial charge in [-0.1, -0.05) is 17.7 Å². The van der Waals surface area contributed by atoms with Crippen molar-refractivity contribution in [2.45, 2.75) is 44.7 Å². The highest BCUT2D eigenvalue weighted by molar-refractivity contribution is 6.35. The molecular weight excluding hydrogens is 370 g/mol. The van der Waals surface area contributed by atoms with E-state index in [4.69, 9.17) is 11.6 Å². The molecule has 2 unspecified atom stereocenters. The van der Waals surface area contributed by atoms with Crippen LogP contribution >= 0.6 is 11.6 Å². The van der Waals surface area contributed by atoms with Crippen molar-refractivity contribution in [1.82, 2.24) is 9.88 Å². The van der Waals surface area contributed by atoms with Crippen molar-refractivity contribution in [2.24, 2.45) is 0 Å². The zero-order valence-electron chi connectivity index (χ0n) is 15.3. The molecule has 0 bridgehead atoms. The Hall–Kier alpha value is -2.54. The number of aromatic nitrogens is 1. The number of pyridine rings is 1. The number of benzene rings is 1. The standard InChI is InChI=1S/C19H22ClN3O4/c1-11(24)21-16-10-14-15(20)7-4-8-17(14)23(18(16)25)13-6-3-5-12(9-13)22-19(26)27-2/h4,7-8,10,12-13H,3,5-6,9H2,1-2H3,(H,21,24)(H,22,26). The van der Waals surface area contributed by atoms with E-state index in [0.29, 0.717) is 22.3 Å². The third-order valence-electron chi connectivity index (χ3n) is 4.86. The predicted octanol–water partition coefficient (Wildman–Crippen LogP) is 3.45. The Kier molecular flexibility index (Phi) is 5.70. The van der Waals surface area contributed by atoms with E-state index in [2.05, 4.69) is 15.4 Å². The zero-order valence-corrected chi connectivity index (χ0v) is 16.0. The molecule has 1 aliphatic carbocycles. The maximum absolute atomic E-state index is 13.1. The van der Waals surface area contributed by atoms with Gasteiger partial charge in [0.25, 0.3) is 5.56 Å². The average Bonchev–Trinajstić information content (AvgIpc) is 2.63. The summed E-state index contributed by atoms with van der Waals surface area (Å²) in [6, 6.07) is 6.80. The van der Waals surface area contributed by atoms with Crippen LogP contribution in [-0.4, -0.2) is 29.7 Å². The summed E-state index contributed by atoms with van der Waals surface area (Å²) in [5.41, 5.74) is 0.639. The predicted molar refractivity (Wildman–Crippen MR) is 104 cm³/mol. The van der Waals surface area contributed by atoms with E-state index in [1.54, 1.807) is 22.8 Å². The number of hydrogen-bond acceptors (Lipinski definition) is 4. The fourth-order valence-corrected chi connectivity index (χ4v) is 3.94. The van der Waals surface area contributed by atoms with Crippen LogP contribution in [0.1, 0.15) is 38.6 Å². The molecule has 2 atom stereocenters. The van der Waals surface area contributed by atoms with Crippen molar-refractivity contribution in [3.05, 3.63) is 39.6 Å². The first kappa shape index (κ1) is 19.2. The number of hydrogen-bond donors (Lipinski definition) is 2. The normalized spacial score (nSPS) is 19.5. The molecule has 0 aliphatic heterocycles. The number of anilines is 1. The molecule has 27 heavy (non-hydrogen) atoms. The van der Waals surface area contributed by atoms with E-state index in [1.807, 2.05) is 6.07 Å². The highest BCUT2D eigenvalue weighted by atomic mass is 35.5. The minimum atomic E-state index is -0.479. The summed E-state index contributed by atoms with van der Waals surface area (Å²) in [6.45, 7) is 1.36. The summed E-state index contributed by atoms with van der Waals surface area (Å²) in [6.07, 6.45) is 2.60. The Bertz CT molecular complexity index is 940. The van der Waals surface area contributed by atoms with E-state index in [1.165, 1.54) is 14.0 Å². The van der Waals surface area contributed by atoms with Gasteiger partial charge in [-0.2, -0.15) is 0 Å². The van der Waals surface area contributed by atoms with E-state index in [9.17, 15) is 14.4 Å². The molecule has 1 fully saturated rings. The summed E-state index contributed by atoms with van der Waals surface area (Å²) >= 11 is 6.34. The molecule has 0 radical (unpaired) electrons. The largest absolute Gasteiger partial charge is 0.453 e. The number of rotatable bonds is 3. The van der Waals surface area contributed by atoms with Crippen LogP contribution in [0.25, 0.3) is 10.9 Å². The number of carbonyl (C=O) groups is 2. The Labute approximate surface area is 161 Å². The third kappa shape index (κ3) is 4.08. The lowest BCUT2D eigenvalue weighted by atomic mass is 9.90. The smallest absolute Gasteiger partial charge is 0.407 e. The van der Waals surface area contributed by atoms with E-state index < -0.39 is 6.09 Å². The van der Waals surface area contributed by atoms with Gasteiger partial charge in [0.2, 0.25) is 5.91 Å². The first-order valence-electron chi connectivity index (χ1n) is 8.86. The number of fused-ring (bicyclic) bond motifs is 1. The molecule has 1 aromatic heterocycles. The van der Waals surface area contributed by atoms with E-state index in [0.717, 1.165) is 19.3 Å². The molecule has 1 saturated carbocycles. The van der Waals surface area contributed by atoms with Crippen molar-refractivity contribution in [1.29, 1.82) is 0 Å². The molecule has 144 valence electrons. The van der Waals surface area contributed by atoms with Crippen LogP contribution in [0.3, 0.4) is 0 Å². The van der Waals surface area contributed by atoms with Crippen LogP contribution in [-0.2, 0) is 9.53 Å². The highest BCUT2D eigenvalue weighted by Crippen LogP contribution is 2.32. The van der Waals surface area contributed by atoms with Crippen molar-refractivity contribution in [3.63, 3.8) is 0 Å². The van der Waals surface area contributed by atoms with Gasteiger partial charge in [0.05, 0.1) is 12.6 Å². The zero-order chi connectivity index (χ0) is 19.6. The molecule has 3 rings (SSSR count). The summed E-state index contributed by atoms with van der Waals surface area (Å²) in [5.74, 6) is -0.320. The van der Waals surface area contributed by atoms with Crippen molar-refractivity contribution in [2.75, 3.05) is 12.4 Å². The molecule has 2 N–H and O–H groups in total. The van der Waals surface area contributed by atoms with Crippen LogP contribution in [0, 0.1) is 0 Å². The molecular formula is C19H22ClN3O4. The molecule has 1 heterocycles. The van der Waals surface area contributed by atoms with E-state index in [-0.39, 0.29) is 29.2 Å². The van der Waals surface area contributed by atoms with Gasteiger partial charge in [-0.25, -0.2) is 4.79 Å². The summed E-state index contributed by atoms with van der Waals surface area (Å²) in [5, 5.41) is 6.63. The fraction of sp³-hybridized carbons (Fsp3) is 0.421. The van der Waals surface area contributed by atoms with Gasteiger partial charge in [0.15, 0.2) is 0 Å². The topological polar surface area (TPSA) is 89.4 Å². The van der Waals surface area contributed by atoms with Gasteiger partial charge in [-0.05, 0) is 43.9 Å². The Balaban J connectivity index is 2.07. The fourth-order valence-electron chi connectivity index (χ4n) is 3.72. The minimum absolute atomic E-state index is 0.0817. The SMILES string of the molecule is COC(=O)NC1CCCC(n2c(=O)c(NC(C)=O)cc3c(Cl)cccc32)C1. The van der Waals surface area contributed by atoms with Crippen LogP contribution in [0.5, 0.6) is 0 Å². The monoisotopic (exact) mass is 391 g/mol. The molecule has 2 aromatic rings. The lowest BCUT2D eigenvalue weighted by molar-refractivity contribution is -0.114. The summed E-state index contributed by atoms with van der Waals surface area (Å²) in [7, 11) is 1.33. The quantitative estimate of drug-likeness (QED) is 0.838. The van der Waals surface area contributed by atoms with Crippen molar-refractivity contribution < 1.29 is 14.3 Å². The molecule has 1 aromatic carbocycles. The molecule has 1 aliphatic rings. The molecule has 8 heteroatoms. The Morgan fingerprint density at radius 2 is 2.07 bits per heavy atom. The minimum Gasteiger partial charge on any atom is -0.453 e.